The molecule has 0 bridgehead atoms. The Morgan fingerprint density at radius 1 is 1.37 bits per heavy atom. The summed E-state index contributed by atoms with van der Waals surface area (Å²) in [4.78, 5) is 0. The quantitative estimate of drug-likeness (QED) is 0.858. The molecule has 1 heterocycles. The van der Waals surface area contributed by atoms with Gasteiger partial charge in [0.25, 0.3) is 0 Å². The topological polar surface area (TPSA) is 64.0 Å². The summed E-state index contributed by atoms with van der Waals surface area (Å²) >= 11 is 0. The Labute approximate surface area is 115 Å². The third-order valence-electron chi connectivity index (χ3n) is 3.34. The van der Waals surface area contributed by atoms with E-state index >= 15 is 0 Å². The van der Waals surface area contributed by atoms with Gasteiger partial charge in [0.2, 0.25) is 10.0 Å². The van der Waals surface area contributed by atoms with Crippen molar-refractivity contribution in [3.63, 3.8) is 0 Å². The largest absolute Gasteiger partial charge is 0.268 e. The molecule has 0 unspecified atom stereocenters. The molecule has 1 aromatic heterocycles. The Kier molecular flexibility index (Phi) is 4.62. The van der Waals surface area contributed by atoms with Crippen LogP contribution in [0.25, 0.3) is 0 Å². The normalized spacial score (nSPS) is 15.7. The average molecular weight is 285 g/mol. The van der Waals surface area contributed by atoms with Crippen molar-refractivity contribution in [2.24, 2.45) is 5.92 Å². The highest BCUT2D eigenvalue weighted by Crippen LogP contribution is 2.20. The number of aromatic nitrogens is 2. The summed E-state index contributed by atoms with van der Waals surface area (Å²) in [5.41, 5.74) is 2.62. The molecule has 0 saturated carbocycles. The first-order chi connectivity index (χ1) is 8.98. The molecule has 5 nitrogen and oxygen atoms in total. The highest BCUT2D eigenvalue weighted by atomic mass is 32.2. The van der Waals surface area contributed by atoms with E-state index in [2.05, 4.69) is 9.82 Å². The van der Waals surface area contributed by atoms with Crippen LogP contribution in [0.2, 0.25) is 0 Å². The molecule has 0 fully saturated rings. The van der Waals surface area contributed by atoms with Gasteiger partial charge in [0.05, 0.1) is 18.5 Å². The molecular formula is C13H23N3O2S. The average Bonchev–Trinajstić information content (AvgIpc) is 2.71. The van der Waals surface area contributed by atoms with Gasteiger partial charge in [0.15, 0.2) is 0 Å². The summed E-state index contributed by atoms with van der Waals surface area (Å²) in [5.74, 6) is 0.333. The number of rotatable bonds is 6. The molecule has 1 aliphatic carbocycles. The van der Waals surface area contributed by atoms with Gasteiger partial charge in [-0.1, -0.05) is 13.8 Å². The third-order valence-corrected chi connectivity index (χ3v) is 5.09. The van der Waals surface area contributed by atoms with E-state index in [-0.39, 0.29) is 11.7 Å². The summed E-state index contributed by atoms with van der Waals surface area (Å²) < 4.78 is 28.0. The minimum absolute atomic E-state index is 0.148. The fourth-order valence-corrected chi connectivity index (χ4v) is 3.95. The van der Waals surface area contributed by atoms with Crippen LogP contribution in [0.15, 0.2) is 6.20 Å². The van der Waals surface area contributed by atoms with Crippen molar-refractivity contribution in [1.82, 2.24) is 14.5 Å². The van der Waals surface area contributed by atoms with Crippen LogP contribution in [0.1, 0.15) is 37.9 Å². The summed E-state index contributed by atoms with van der Waals surface area (Å²) in [6, 6.07) is 0. The van der Waals surface area contributed by atoms with Crippen molar-refractivity contribution in [3.8, 4) is 0 Å². The maximum absolute atomic E-state index is 11.7. The fourth-order valence-electron chi connectivity index (χ4n) is 2.55. The number of fused-ring (bicyclic) bond motifs is 1. The molecule has 0 saturated heterocycles. The van der Waals surface area contributed by atoms with E-state index in [9.17, 15) is 8.42 Å². The van der Waals surface area contributed by atoms with Crippen LogP contribution in [0, 0.1) is 5.92 Å². The van der Waals surface area contributed by atoms with Crippen LogP contribution in [-0.4, -0.2) is 30.5 Å². The standard InChI is InChI=1S/C13H23N3O2S/c1-11(2)10-19(17,18)15-7-8-16-13-6-4-3-5-12(13)9-14-16/h9,11,15H,3-8,10H2,1-2H3. The molecule has 108 valence electrons. The molecular weight excluding hydrogens is 262 g/mol. The highest BCUT2D eigenvalue weighted by molar-refractivity contribution is 7.89. The fraction of sp³-hybridized carbons (Fsp3) is 0.769. The number of hydrogen-bond acceptors (Lipinski definition) is 3. The predicted molar refractivity (Wildman–Crippen MR) is 75.5 cm³/mol. The Morgan fingerprint density at radius 2 is 2.11 bits per heavy atom. The molecule has 1 aliphatic rings. The van der Waals surface area contributed by atoms with Gasteiger partial charge in [-0.3, -0.25) is 4.68 Å². The van der Waals surface area contributed by atoms with Gasteiger partial charge < -0.3 is 0 Å². The van der Waals surface area contributed by atoms with Gasteiger partial charge in [-0.25, -0.2) is 13.1 Å². The van der Waals surface area contributed by atoms with E-state index in [4.69, 9.17) is 0 Å². The number of nitrogens with one attached hydrogen (secondary N) is 1. The summed E-state index contributed by atoms with van der Waals surface area (Å²) in [7, 11) is -3.15. The zero-order valence-corrected chi connectivity index (χ0v) is 12.5. The monoisotopic (exact) mass is 285 g/mol. The lowest BCUT2D eigenvalue weighted by molar-refractivity contribution is 0.534. The lowest BCUT2D eigenvalue weighted by Gasteiger charge is -2.14. The van der Waals surface area contributed by atoms with E-state index in [0.717, 1.165) is 12.8 Å². The van der Waals surface area contributed by atoms with Crippen molar-refractivity contribution in [1.29, 1.82) is 0 Å². The minimum atomic E-state index is -3.15. The van der Waals surface area contributed by atoms with E-state index in [1.54, 1.807) is 0 Å². The highest BCUT2D eigenvalue weighted by Gasteiger charge is 2.16. The third kappa shape index (κ3) is 4.04. The minimum Gasteiger partial charge on any atom is -0.268 e. The summed E-state index contributed by atoms with van der Waals surface area (Å²) in [5, 5.41) is 4.36. The molecule has 0 atom stereocenters. The van der Waals surface area contributed by atoms with Crippen LogP contribution >= 0.6 is 0 Å². The van der Waals surface area contributed by atoms with E-state index in [1.165, 1.54) is 24.1 Å². The van der Waals surface area contributed by atoms with Crippen molar-refractivity contribution in [3.05, 3.63) is 17.5 Å². The van der Waals surface area contributed by atoms with Gasteiger partial charge in [-0.15, -0.1) is 0 Å². The molecule has 6 heteroatoms. The number of hydrogen-bond donors (Lipinski definition) is 1. The summed E-state index contributed by atoms with van der Waals surface area (Å²) in [6.07, 6.45) is 6.54. The Bertz CT molecular complexity index is 520. The number of nitrogens with zero attached hydrogens (tertiary/aromatic N) is 2. The first kappa shape index (κ1) is 14.5. The maximum atomic E-state index is 11.7. The van der Waals surface area contributed by atoms with Gasteiger partial charge in [-0.2, -0.15) is 5.10 Å². The molecule has 0 amide bonds. The van der Waals surface area contributed by atoms with Crippen LogP contribution in [0.5, 0.6) is 0 Å². The summed E-state index contributed by atoms with van der Waals surface area (Å²) in [6.45, 7) is 4.85. The van der Waals surface area contributed by atoms with Crippen LogP contribution in [0.4, 0.5) is 0 Å². The zero-order chi connectivity index (χ0) is 13.9. The van der Waals surface area contributed by atoms with Crippen molar-refractivity contribution in [2.45, 2.75) is 46.1 Å². The van der Waals surface area contributed by atoms with Gasteiger partial charge in [0, 0.05) is 12.2 Å². The van der Waals surface area contributed by atoms with E-state index in [1.807, 2.05) is 24.7 Å². The smallest absolute Gasteiger partial charge is 0.211 e. The van der Waals surface area contributed by atoms with Gasteiger partial charge >= 0.3 is 0 Å². The molecule has 0 aromatic carbocycles. The zero-order valence-electron chi connectivity index (χ0n) is 11.7. The Balaban J connectivity index is 1.88. The number of aryl methyl sites for hydroxylation is 1. The predicted octanol–water partition coefficient (Wildman–Crippen LogP) is 1.34. The second-order valence-electron chi connectivity index (χ2n) is 5.62. The van der Waals surface area contributed by atoms with Gasteiger partial charge in [-0.05, 0) is 37.2 Å². The van der Waals surface area contributed by atoms with E-state index < -0.39 is 10.0 Å². The van der Waals surface area contributed by atoms with Crippen LogP contribution in [0.3, 0.4) is 0 Å². The lowest BCUT2D eigenvalue weighted by Crippen LogP contribution is -2.31. The number of sulfonamides is 1. The molecule has 0 radical (unpaired) electrons. The molecule has 1 N–H and O–H groups in total. The molecule has 2 rings (SSSR count). The van der Waals surface area contributed by atoms with Crippen molar-refractivity contribution < 1.29 is 8.42 Å². The van der Waals surface area contributed by atoms with Crippen LogP contribution < -0.4 is 4.72 Å². The lowest BCUT2D eigenvalue weighted by atomic mass is 9.98. The maximum Gasteiger partial charge on any atom is 0.211 e. The molecule has 19 heavy (non-hydrogen) atoms. The van der Waals surface area contributed by atoms with Crippen molar-refractivity contribution in [2.75, 3.05) is 12.3 Å². The second kappa shape index (κ2) is 6.05. The van der Waals surface area contributed by atoms with Gasteiger partial charge in [0.1, 0.15) is 0 Å². The Hall–Kier alpha value is -0.880. The molecule has 1 aromatic rings. The molecule has 0 aliphatic heterocycles. The van der Waals surface area contributed by atoms with Crippen molar-refractivity contribution >= 4 is 10.0 Å². The first-order valence-corrected chi connectivity index (χ1v) is 8.64. The second-order valence-corrected chi connectivity index (χ2v) is 7.47. The molecule has 0 spiro atoms. The first-order valence-electron chi connectivity index (χ1n) is 6.99. The van der Waals surface area contributed by atoms with Crippen LogP contribution in [-0.2, 0) is 29.4 Å². The van der Waals surface area contributed by atoms with E-state index in [0.29, 0.717) is 13.1 Å². The Morgan fingerprint density at radius 3 is 2.84 bits per heavy atom. The SMILES string of the molecule is CC(C)CS(=O)(=O)NCCn1ncc2c1CCCC2.